The normalized spacial score (nSPS) is 30.5. The highest BCUT2D eigenvalue weighted by atomic mass is 16.2. The molecule has 0 spiro atoms. The van der Waals surface area contributed by atoms with Crippen LogP contribution >= 0.6 is 0 Å². The van der Waals surface area contributed by atoms with Gasteiger partial charge in [-0.15, -0.1) is 0 Å². The lowest BCUT2D eigenvalue weighted by molar-refractivity contribution is -0.130. The number of hydrogen-bond acceptors (Lipinski definition) is 3. The summed E-state index contributed by atoms with van der Waals surface area (Å²) in [5, 5.41) is 5.67. The summed E-state index contributed by atoms with van der Waals surface area (Å²) in [5.74, 6) is 0.199. The summed E-state index contributed by atoms with van der Waals surface area (Å²) in [7, 11) is 3.77. The number of hydrazone groups is 1. The Hall–Kier alpha value is -0.900. The fourth-order valence-electron chi connectivity index (χ4n) is 1.80. The number of fused-ring (bicyclic) bond motifs is 1. The van der Waals surface area contributed by atoms with Gasteiger partial charge in [0.15, 0.2) is 0 Å². The molecule has 2 aliphatic heterocycles. The van der Waals surface area contributed by atoms with Crippen LogP contribution in [0.4, 0.5) is 0 Å². The van der Waals surface area contributed by atoms with Gasteiger partial charge in [-0.1, -0.05) is 0 Å². The van der Waals surface area contributed by atoms with Gasteiger partial charge in [-0.25, -0.2) is 5.01 Å². The number of carbonyl (C=O) groups is 1. The van der Waals surface area contributed by atoms with Gasteiger partial charge in [-0.05, 0) is 7.05 Å². The summed E-state index contributed by atoms with van der Waals surface area (Å²) in [6.45, 7) is 1.86. The number of amides is 1. The number of nitrogens with zero attached hydrogens (tertiary/aromatic N) is 3. The van der Waals surface area contributed by atoms with E-state index in [1.54, 1.807) is 7.05 Å². The molecule has 1 fully saturated rings. The second kappa shape index (κ2) is 2.55. The molecule has 0 saturated carbocycles. The van der Waals surface area contributed by atoms with E-state index in [2.05, 4.69) is 10.0 Å². The second-order valence-corrected chi connectivity index (χ2v) is 3.52. The molecule has 1 atom stereocenters. The second-order valence-electron chi connectivity index (χ2n) is 3.52. The van der Waals surface area contributed by atoms with Crippen molar-refractivity contribution in [3.63, 3.8) is 0 Å². The standard InChI is InChI=1S/C8H13N3O/c1-10-4-3-7-6(5-10)8(12)11(2)9-7/h6H,3-5H2,1-2H3. The van der Waals surface area contributed by atoms with Gasteiger partial charge in [0.25, 0.3) is 5.91 Å². The van der Waals surface area contributed by atoms with Crippen LogP contribution in [0.25, 0.3) is 0 Å². The largest absolute Gasteiger partial charge is 0.305 e. The van der Waals surface area contributed by atoms with Gasteiger partial charge in [0.1, 0.15) is 0 Å². The summed E-state index contributed by atoms with van der Waals surface area (Å²) in [4.78, 5) is 13.7. The monoisotopic (exact) mass is 167 g/mol. The van der Waals surface area contributed by atoms with Crippen LogP contribution in [0.1, 0.15) is 6.42 Å². The minimum atomic E-state index is 0.0498. The Bertz CT molecular complexity index is 249. The van der Waals surface area contributed by atoms with Crippen molar-refractivity contribution in [2.75, 3.05) is 27.2 Å². The predicted octanol–water partition coefficient (Wildman–Crippen LogP) is -0.234. The van der Waals surface area contributed by atoms with Crippen molar-refractivity contribution in [2.45, 2.75) is 6.42 Å². The number of likely N-dealkylation sites (tertiary alicyclic amines) is 1. The van der Waals surface area contributed by atoms with E-state index in [-0.39, 0.29) is 11.8 Å². The molecule has 0 radical (unpaired) electrons. The van der Waals surface area contributed by atoms with Crippen LogP contribution in [0.3, 0.4) is 0 Å². The van der Waals surface area contributed by atoms with Gasteiger partial charge in [0, 0.05) is 26.6 Å². The molecule has 12 heavy (non-hydrogen) atoms. The van der Waals surface area contributed by atoms with Crippen molar-refractivity contribution in [1.82, 2.24) is 9.91 Å². The number of rotatable bonds is 0. The van der Waals surface area contributed by atoms with Gasteiger partial charge in [0.05, 0.1) is 11.6 Å². The first-order chi connectivity index (χ1) is 5.68. The van der Waals surface area contributed by atoms with Crippen LogP contribution in [0.15, 0.2) is 5.10 Å². The fourth-order valence-corrected chi connectivity index (χ4v) is 1.80. The third-order valence-corrected chi connectivity index (χ3v) is 2.54. The van der Waals surface area contributed by atoms with Crippen molar-refractivity contribution in [1.29, 1.82) is 0 Å². The first-order valence-corrected chi connectivity index (χ1v) is 4.22. The molecule has 4 heteroatoms. The van der Waals surface area contributed by atoms with Crippen LogP contribution in [-0.2, 0) is 4.79 Å². The molecule has 1 saturated heterocycles. The van der Waals surface area contributed by atoms with E-state index in [1.807, 2.05) is 7.05 Å². The molecule has 2 rings (SSSR count). The molecule has 2 heterocycles. The molecular formula is C8H13N3O. The van der Waals surface area contributed by atoms with E-state index in [1.165, 1.54) is 5.01 Å². The first kappa shape index (κ1) is 7.73. The quantitative estimate of drug-likeness (QED) is 0.499. The molecule has 1 amide bonds. The van der Waals surface area contributed by atoms with Gasteiger partial charge < -0.3 is 4.90 Å². The fraction of sp³-hybridized carbons (Fsp3) is 0.750. The van der Waals surface area contributed by atoms with Crippen molar-refractivity contribution < 1.29 is 4.79 Å². The average molecular weight is 167 g/mol. The SMILES string of the molecule is CN1CCC2=NN(C)C(=O)C2C1. The van der Waals surface area contributed by atoms with E-state index < -0.39 is 0 Å². The summed E-state index contributed by atoms with van der Waals surface area (Å²) in [5.41, 5.74) is 1.07. The molecular weight excluding hydrogens is 154 g/mol. The van der Waals surface area contributed by atoms with E-state index in [0.29, 0.717) is 0 Å². The van der Waals surface area contributed by atoms with Crippen molar-refractivity contribution in [2.24, 2.45) is 11.0 Å². The van der Waals surface area contributed by atoms with Gasteiger partial charge in [-0.3, -0.25) is 4.79 Å². The Morgan fingerprint density at radius 1 is 1.50 bits per heavy atom. The Balaban J connectivity index is 2.19. The zero-order valence-corrected chi connectivity index (χ0v) is 7.45. The Kier molecular flexibility index (Phi) is 1.65. The minimum Gasteiger partial charge on any atom is -0.305 e. The predicted molar refractivity (Wildman–Crippen MR) is 45.8 cm³/mol. The molecule has 0 aromatic carbocycles. The van der Waals surface area contributed by atoms with Crippen molar-refractivity contribution in [3.05, 3.63) is 0 Å². The molecule has 0 aliphatic carbocycles. The van der Waals surface area contributed by atoms with Crippen molar-refractivity contribution >= 4 is 11.6 Å². The molecule has 0 aromatic rings. The topological polar surface area (TPSA) is 35.9 Å². The third kappa shape index (κ3) is 1.03. The highest BCUT2D eigenvalue weighted by molar-refractivity contribution is 6.08. The maximum Gasteiger partial charge on any atom is 0.252 e. The summed E-state index contributed by atoms with van der Waals surface area (Å²) < 4.78 is 0. The Labute approximate surface area is 71.8 Å². The molecule has 66 valence electrons. The van der Waals surface area contributed by atoms with Crippen LogP contribution in [-0.4, -0.2) is 48.7 Å². The third-order valence-electron chi connectivity index (χ3n) is 2.54. The smallest absolute Gasteiger partial charge is 0.252 e. The Morgan fingerprint density at radius 3 is 3.00 bits per heavy atom. The summed E-state index contributed by atoms with van der Waals surface area (Å²) in [6, 6.07) is 0. The zero-order chi connectivity index (χ0) is 8.72. The minimum absolute atomic E-state index is 0.0498. The lowest BCUT2D eigenvalue weighted by Gasteiger charge is -2.25. The molecule has 2 aliphatic rings. The van der Waals surface area contributed by atoms with Crippen LogP contribution in [0.2, 0.25) is 0 Å². The van der Waals surface area contributed by atoms with Crippen LogP contribution in [0, 0.1) is 5.92 Å². The summed E-state index contributed by atoms with van der Waals surface area (Å²) in [6.07, 6.45) is 0.942. The zero-order valence-electron chi connectivity index (χ0n) is 7.45. The van der Waals surface area contributed by atoms with E-state index >= 15 is 0 Å². The maximum absolute atomic E-state index is 11.5. The van der Waals surface area contributed by atoms with Crippen LogP contribution < -0.4 is 0 Å². The highest BCUT2D eigenvalue weighted by Crippen LogP contribution is 2.21. The molecule has 4 nitrogen and oxygen atoms in total. The maximum atomic E-state index is 11.5. The van der Waals surface area contributed by atoms with Gasteiger partial charge in [-0.2, -0.15) is 5.10 Å². The molecule has 1 unspecified atom stereocenters. The first-order valence-electron chi connectivity index (χ1n) is 4.22. The average Bonchev–Trinajstić information content (AvgIpc) is 2.31. The van der Waals surface area contributed by atoms with E-state index in [0.717, 1.165) is 25.2 Å². The van der Waals surface area contributed by atoms with E-state index in [4.69, 9.17) is 0 Å². The van der Waals surface area contributed by atoms with Gasteiger partial charge >= 0.3 is 0 Å². The number of hydrogen-bond donors (Lipinski definition) is 0. The highest BCUT2D eigenvalue weighted by Gasteiger charge is 2.36. The molecule has 0 aromatic heterocycles. The van der Waals surface area contributed by atoms with Crippen LogP contribution in [0.5, 0.6) is 0 Å². The number of piperidine rings is 1. The molecule has 0 N–H and O–H groups in total. The lowest BCUT2D eigenvalue weighted by atomic mass is 9.96. The van der Waals surface area contributed by atoms with Gasteiger partial charge in [0.2, 0.25) is 0 Å². The Morgan fingerprint density at radius 2 is 2.25 bits per heavy atom. The molecule has 0 bridgehead atoms. The summed E-state index contributed by atoms with van der Waals surface area (Å²) >= 11 is 0. The van der Waals surface area contributed by atoms with Crippen molar-refractivity contribution in [3.8, 4) is 0 Å². The van der Waals surface area contributed by atoms with E-state index in [9.17, 15) is 4.79 Å². The number of carbonyl (C=O) groups excluding carboxylic acids is 1. The lowest BCUT2D eigenvalue weighted by Crippen LogP contribution is -2.40.